The molecule has 1 saturated heterocycles. The monoisotopic (exact) mass is 398 g/mol. The molecule has 146 valence electrons. The van der Waals surface area contributed by atoms with E-state index in [1.807, 2.05) is 4.90 Å². The van der Waals surface area contributed by atoms with Crippen molar-refractivity contribution in [2.24, 2.45) is 0 Å². The maximum absolute atomic E-state index is 12.8. The van der Waals surface area contributed by atoms with Gasteiger partial charge >= 0.3 is 6.18 Å². The van der Waals surface area contributed by atoms with E-state index in [-0.39, 0.29) is 10.9 Å². The molecule has 3 rings (SSSR count). The van der Waals surface area contributed by atoms with Gasteiger partial charge in [0.2, 0.25) is 10.0 Å². The molecule has 1 aliphatic rings. The molecule has 0 radical (unpaired) electrons. The molecule has 0 bridgehead atoms. The first kappa shape index (κ1) is 19.9. The van der Waals surface area contributed by atoms with Gasteiger partial charge in [-0.05, 0) is 36.6 Å². The van der Waals surface area contributed by atoms with Crippen molar-refractivity contribution in [1.29, 1.82) is 0 Å². The van der Waals surface area contributed by atoms with E-state index < -0.39 is 21.8 Å². The predicted octanol–water partition coefficient (Wildman–Crippen LogP) is 3.65. The Balaban J connectivity index is 1.55. The van der Waals surface area contributed by atoms with Crippen molar-refractivity contribution in [2.45, 2.75) is 36.5 Å². The Bertz CT molecular complexity index is 862. The van der Waals surface area contributed by atoms with E-state index in [4.69, 9.17) is 0 Å². The van der Waals surface area contributed by atoms with Crippen LogP contribution in [0, 0.1) is 0 Å². The van der Waals surface area contributed by atoms with Gasteiger partial charge in [0.1, 0.15) is 0 Å². The number of halogens is 3. The summed E-state index contributed by atoms with van der Waals surface area (Å²) in [7, 11) is -3.55. The highest BCUT2D eigenvalue weighted by Gasteiger charge is 2.30. The van der Waals surface area contributed by atoms with Crippen LogP contribution in [0.15, 0.2) is 59.5 Å². The fourth-order valence-electron chi connectivity index (χ4n) is 3.20. The zero-order valence-electron chi connectivity index (χ0n) is 14.6. The predicted molar refractivity (Wildman–Crippen MR) is 96.5 cm³/mol. The Morgan fingerprint density at radius 2 is 1.67 bits per heavy atom. The third-order valence-corrected chi connectivity index (χ3v) is 6.16. The van der Waals surface area contributed by atoms with Crippen molar-refractivity contribution in [3.8, 4) is 0 Å². The van der Waals surface area contributed by atoms with Crippen LogP contribution in [0.5, 0.6) is 0 Å². The highest BCUT2D eigenvalue weighted by Crippen LogP contribution is 2.30. The minimum Gasteiger partial charge on any atom is -0.299 e. The Kier molecular flexibility index (Phi) is 5.88. The van der Waals surface area contributed by atoms with Gasteiger partial charge in [-0.1, -0.05) is 36.4 Å². The largest absolute Gasteiger partial charge is 0.416 e. The topological polar surface area (TPSA) is 49.4 Å². The molecule has 27 heavy (non-hydrogen) atoms. The second kappa shape index (κ2) is 8.00. The molecule has 0 atom stereocenters. The number of nitrogens with one attached hydrogen (secondary N) is 1. The van der Waals surface area contributed by atoms with Crippen molar-refractivity contribution in [1.82, 2.24) is 9.62 Å². The van der Waals surface area contributed by atoms with Crippen LogP contribution >= 0.6 is 0 Å². The molecule has 0 aromatic heterocycles. The van der Waals surface area contributed by atoms with Crippen molar-refractivity contribution in [3.05, 3.63) is 65.7 Å². The zero-order valence-corrected chi connectivity index (χ0v) is 15.4. The minimum absolute atomic E-state index is 0.173. The zero-order chi connectivity index (χ0) is 19.5. The number of rotatable bonds is 5. The van der Waals surface area contributed by atoms with Crippen molar-refractivity contribution < 1.29 is 21.6 Å². The van der Waals surface area contributed by atoms with Crippen LogP contribution in [0.4, 0.5) is 13.2 Å². The number of piperidine rings is 1. The van der Waals surface area contributed by atoms with E-state index in [0.29, 0.717) is 38.0 Å². The fraction of sp³-hybridized carbons (Fsp3) is 0.368. The molecule has 0 amide bonds. The molecule has 2 aromatic carbocycles. The van der Waals surface area contributed by atoms with E-state index in [1.54, 1.807) is 36.4 Å². The van der Waals surface area contributed by atoms with Gasteiger partial charge in [-0.2, -0.15) is 13.2 Å². The highest BCUT2D eigenvalue weighted by atomic mass is 32.2. The second-order valence-corrected chi connectivity index (χ2v) is 8.40. The number of hydrogen-bond donors (Lipinski definition) is 1. The van der Waals surface area contributed by atoms with Crippen molar-refractivity contribution in [3.63, 3.8) is 0 Å². The number of nitrogens with zero attached hydrogens (tertiary/aromatic N) is 1. The highest BCUT2D eigenvalue weighted by molar-refractivity contribution is 7.89. The third kappa shape index (κ3) is 5.31. The summed E-state index contributed by atoms with van der Waals surface area (Å²) < 4.78 is 65.9. The lowest BCUT2D eigenvalue weighted by molar-refractivity contribution is -0.137. The summed E-state index contributed by atoms with van der Waals surface area (Å²) in [4.78, 5) is 2.28. The lowest BCUT2D eigenvalue weighted by atomic mass is 10.0. The lowest BCUT2D eigenvalue weighted by Crippen LogP contribution is -2.44. The summed E-state index contributed by atoms with van der Waals surface area (Å²) in [5.74, 6) is 0. The van der Waals surface area contributed by atoms with Gasteiger partial charge in [0, 0.05) is 25.7 Å². The molecule has 0 unspecified atom stereocenters. The van der Waals surface area contributed by atoms with Crippen molar-refractivity contribution in [2.75, 3.05) is 13.1 Å². The summed E-state index contributed by atoms with van der Waals surface area (Å²) in [5, 5.41) is 0. The van der Waals surface area contributed by atoms with Gasteiger partial charge in [-0.15, -0.1) is 0 Å². The van der Waals surface area contributed by atoms with E-state index in [0.717, 1.165) is 6.07 Å². The summed E-state index contributed by atoms with van der Waals surface area (Å²) >= 11 is 0. The van der Waals surface area contributed by atoms with Gasteiger partial charge in [0.25, 0.3) is 0 Å². The Morgan fingerprint density at radius 1 is 1.00 bits per heavy atom. The molecule has 8 heteroatoms. The van der Waals surface area contributed by atoms with Crippen LogP contribution in [0.25, 0.3) is 0 Å². The molecular formula is C19H21F3N2O2S. The average molecular weight is 398 g/mol. The van der Waals surface area contributed by atoms with Crippen LogP contribution in [-0.4, -0.2) is 32.4 Å². The molecule has 0 saturated carbocycles. The first-order valence-corrected chi connectivity index (χ1v) is 10.2. The molecule has 2 aromatic rings. The summed E-state index contributed by atoms with van der Waals surface area (Å²) in [5.41, 5.74) is -0.0429. The quantitative estimate of drug-likeness (QED) is 0.837. The van der Waals surface area contributed by atoms with Crippen LogP contribution in [0.1, 0.15) is 24.0 Å². The average Bonchev–Trinajstić information content (AvgIpc) is 2.63. The number of hydrogen-bond acceptors (Lipinski definition) is 3. The maximum Gasteiger partial charge on any atom is 0.416 e. The molecule has 1 heterocycles. The lowest BCUT2D eigenvalue weighted by Gasteiger charge is -2.32. The summed E-state index contributed by atoms with van der Waals surface area (Å²) in [6, 6.07) is 13.4. The first-order valence-electron chi connectivity index (χ1n) is 8.70. The van der Waals surface area contributed by atoms with E-state index >= 15 is 0 Å². The number of likely N-dealkylation sites (tertiary alicyclic amines) is 1. The number of benzene rings is 2. The molecule has 0 aliphatic carbocycles. The van der Waals surface area contributed by atoms with E-state index in [2.05, 4.69) is 4.72 Å². The van der Waals surface area contributed by atoms with E-state index in [9.17, 15) is 21.6 Å². The SMILES string of the molecule is O=S(=O)(NC1CCN(Cc2cccc(C(F)(F)F)c2)CC1)c1ccccc1. The second-order valence-electron chi connectivity index (χ2n) is 6.68. The first-order chi connectivity index (χ1) is 12.7. The van der Waals surface area contributed by atoms with Gasteiger partial charge in [0.15, 0.2) is 0 Å². The fourth-order valence-corrected chi connectivity index (χ4v) is 4.53. The van der Waals surface area contributed by atoms with Gasteiger partial charge in [0.05, 0.1) is 10.5 Å². The standard InChI is InChI=1S/C19H21F3N2O2S/c20-19(21,22)16-6-4-5-15(13-16)14-24-11-9-17(10-12-24)23-27(25,26)18-7-2-1-3-8-18/h1-8,13,17,23H,9-12,14H2. The van der Waals surface area contributed by atoms with Crippen LogP contribution in [-0.2, 0) is 22.7 Å². The summed E-state index contributed by atoms with van der Waals surface area (Å²) in [6.45, 7) is 1.67. The molecule has 1 aliphatic heterocycles. The van der Waals surface area contributed by atoms with Crippen LogP contribution in [0.3, 0.4) is 0 Å². The minimum atomic E-state index is -4.35. The van der Waals surface area contributed by atoms with Crippen LogP contribution in [0.2, 0.25) is 0 Å². The van der Waals surface area contributed by atoms with Crippen LogP contribution < -0.4 is 4.72 Å². The smallest absolute Gasteiger partial charge is 0.299 e. The Hall–Kier alpha value is -1.90. The normalized spacial score (nSPS) is 17.1. The van der Waals surface area contributed by atoms with E-state index in [1.165, 1.54) is 12.1 Å². The summed E-state index contributed by atoms with van der Waals surface area (Å²) in [6.07, 6.45) is -3.12. The molecular weight excluding hydrogens is 377 g/mol. The number of alkyl halides is 3. The molecule has 1 fully saturated rings. The van der Waals surface area contributed by atoms with Crippen molar-refractivity contribution >= 4 is 10.0 Å². The number of sulfonamides is 1. The van der Waals surface area contributed by atoms with Gasteiger partial charge in [-0.3, -0.25) is 4.90 Å². The Morgan fingerprint density at radius 3 is 2.30 bits per heavy atom. The molecule has 1 N–H and O–H groups in total. The third-order valence-electron chi connectivity index (χ3n) is 4.62. The van der Waals surface area contributed by atoms with Gasteiger partial charge < -0.3 is 0 Å². The molecule has 0 spiro atoms. The molecule has 4 nitrogen and oxygen atoms in total. The maximum atomic E-state index is 12.8. The Labute approximate surface area is 157 Å². The van der Waals surface area contributed by atoms with Gasteiger partial charge in [-0.25, -0.2) is 13.1 Å².